The molecule has 2 aromatic rings. The van der Waals surface area contributed by atoms with Gasteiger partial charge in [0.15, 0.2) is 11.5 Å². The van der Waals surface area contributed by atoms with Gasteiger partial charge in [0, 0.05) is 23.6 Å². The first-order chi connectivity index (χ1) is 14.1. The van der Waals surface area contributed by atoms with Crippen LogP contribution in [-0.2, 0) is 9.59 Å². The molecule has 2 aromatic carbocycles. The quantitative estimate of drug-likeness (QED) is 0.828. The van der Waals surface area contributed by atoms with Crippen LogP contribution in [0.4, 0.5) is 11.4 Å². The number of fused-ring (bicyclic) bond motifs is 1. The second kappa shape index (κ2) is 8.23. The molecule has 1 aliphatic heterocycles. The molecular formula is C22H21N3O4. The van der Waals surface area contributed by atoms with E-state index in [1.165, 1.54) is 0 Å². The molecule has 0 spiro atoms. The van der Waals surface area contributed by atoms with E-state index < -0.39 is 0 Å². The summed E-state index contributed by atoms with van der Waals surface area (Å²) in [4.78, 5) is 25.2. The van der Waals surface area contributed by atoms with Gasteiger partial charge in [-0.15, -0.1) is 0 Å². The van der Waals surface area contributed by atoms with Gasteiger partial charge in [-0.05, 0) is 49.9 Å². The van der Waals surface area contributed by atoms with E-state index in [9.17, 15) is 9.59 Å². The molecule has 0 radical (unpaired) electrons. The van der Waals surface area contributed by atoms with Crippen molar-refractivity contribution in [1.29, 1.82) is 5.26 Å². The first-order valence-electron chi connectivity index (χ1n) is 9.64. The summed E-state index contributed by atoms with van der Waals surface area (Å²) in [6, 6.07) is 14.3. The van der Waals surface area contributed by atoms with Gasteiger partial charge in [0.25, 0.3) is 0 Å². The van der Waals surface area contributed by atoms with Crippen molar-refractivity contribution >= 4 is 23.2 Å². The third kappa shape index (κ3) is 4.16. The van der Waals surface area contributed by atoms with Crippen molar-refractivity contribution < 1.29 is 19.1 Å². The topological polar surface area (TPSA) is 100 Å². The fraction of sp³-hybridized carbons (Fsp3) is 0.318. The summed E-state index contributed by atoms with van der Waals surface area (Å²) in [5.41, 5.74) is 1.65. The number of ether oxygens (including phenoxy) is 2. The highest BCUT2D eigenvalue weighted by molar-refractivity contribution is 5.95. The SMILES string of the molecule is N#Cc1ccccc1NC(=O)C1CCC(C(=O)Nc2ccc3c(c2)OCO3)CC1. The van der Waals surface area contributed by atoms with E-state index in [4.69, 9.17) is 14.7 Å². The van der Waals surface area contributed by atoms with Gasteiger partial charge in [0.05, 0.1) is 11.3 Å². The maximum absolute atomic E-state index is 12.6. The summed E-state index contributed by atoms with van der Waals surface area (Å²) in [5.74, 6) is 0.875. The number of hydrogen-bond acceptors (Lipinski definition) is 5. The third-order valence-electron chi connectivity index (χ3n) is 5.41. The Morgan fingerprint density at radius 1 is 0.897 bits per heavy atom. The van der Waals surface area contributed by atoms with Crippen LogP contribution in [0.2, 0.25) is 0 Å². The highest BCUT2D eigenvalue weighted by Gasteiger charge is 2.30. The fourth-order valence-electron chi connectivity index (χ4n) is 3.76. The Hall–Kier alpha value is -3.53. The van der Waals surface area contributed by atoms with Crippen LogP contribution in [0, 0.1) is 23.2 Å². The number of nitriles is 1. The first kappa shape index (κ1) is 18.8. The van der Waals surface area contributed by atoms with Crippen molar-refractivity contribution in [2.45, 2.75) is 25.7 Å². The molecule has 29 heavy (non-hydrogen) atoms. The zero-order valence-electron chi connectivity index (χ0n) is 15.8. The Morgan fingerprint density at radius 2 is 1.55 bits per heavy atom. The number of anilines is 2. The Morgan fingerprint density at radius 3 is 2.28 bits per heavy atom. The van der Waals surface area contributed by atoms with Crippen molar-refractivity contribution in [3.05, 3.63) is 48.0 Å². The predicted octanol–water partition coefficient (Wildman–Crippen LogP) is 3.67. The highest BCUT2D eigenvalue weighted by Crippen LogP contribution is 2.35. The predicted molar refractivity (Wildman–Crippen MR) is 106 cm³/mol. The monoisotopic (exact) mass is 391 g/mol. The minimum absolute atomic E-state index is 0.0439. The van der Waals surface area contributed by atoms with Gasteiger partial charge < -0.3 is 20.1 Å². The summed E-state index contributed by atoms with van der Waals surface area (Å²) in [7, 11) is 0. The van der Waals surface area contributed by atoms with Gasteiger partial charge in [-0.1, -0.05) is 12.1 Å². The van der Waals surface area contributed by atoms with Crippen LogP contribution >= 0.6 is 0 Å². The van der Waals surface area contributed by atoms with E-state index in [1.54, 1.807) is 42.5 Å². The average Bonchev–Trinajstić information content (AvgIpc) is 3.22. The Bertz CT molecular complexity index is 974. The lowest BCUT2D eigenvalue weighted by Crippen LogP contribution is -2.32. The van der Waals surface area contributed by atoms with Gasteiger partial charge in [0.2, 0.25) is 18.6 Å². The molecule has 148 valence electrons. The van der Waals surface area contributed by atoms with E-state index >= 15 is 0 Å². The second-order valence-corrected chi connectivity index (χ2v) is 7.25. The van der Waals surface area contributed by atoms with Gasteiger partial charge in [-0.25, -0.2) is 0 Å². The van der Waals surface area contributed by atoms with Crippen LogP contribution < -0.4 is 20.1 Å². The third-order valence-corrected chi connectivity index (χ3v) is 5.41. The van der Waals surface area contributed by atoms with E-state index in [1.807, 2.05) is 0 Å². The molecule has 0 atom stereocenters. The van der Waals surface area contributed by atoms with E-state index in [0.29, 0.717) is 54.1 Å². The van der Waals surface area contributed by atoms with Crippen LogP contribution in [0.3, 0.4) is 0 Å². The second-order valence-electron chi connectivity index (χ2n) is 7.25. The molecule has 1 saturated carbocycles. The highest BCUT2D eigenvalue weighted by atomic mass is 16.7. The number of nitrogens with zero attached hydrogens (tertiary/aromatic N) is 1. The molecule has 0 bridgehead atoms. The zero-order chi connectivity index (χ0) is 20.2. The maximum atomic E-state index is 12.6. The summed E-state index contributed by atoms with van der Waals surface area (Å²) >= 11 is 0. The molecule has 0 aromatic heterocycles. The maximum Gasteiger partial charge on any atom is 0.231 e. The minimum Gasteiger partial charge on any atom is -0.454 e. The zero-order valence-corrected chi connectivity index (χ0v) is 15.8. The summed E-state index contributed by atoms with van der Waals surface area (Å²) in [6.07, 6.45) is 2.57. The molecule has 0 saturated heterocycles. The molecule has 2 N–H and O–H groups in total. The van der Waals surface area contributed by atoms with Crippen LogP contribution in [0.25, 0.3) is 0 Å². The van der Waals surface area contributed by atoms with Gasteiger partial charge in [-0.2, -0.15) is 5.26 Å². The molecule has 1 aliphatic carbocycles. The molecule has 1 fully saturated rings. The molecular weight excluding hydrogens is 370 g/mol. The Labute approximate surface area is 168 Å². The summed E-state index contributed by atoms with van der Waals surface area (Å²) in [5, 5.41) is 14.9. The summed E-state index contributed by atoms with van der Waals surface area (Å²) < 4.78 is 10.6. The van der Waals surface area contributed by atoms with E-state index in [-0.39, 0.29) is 30.4 Å². The Kier molecular flexibility index (Phi) is 5.34. The van der Waals surface area contributed by atoms with Gasteiger partial charge >= 0.3 is 0 Å². The van der Waals surface area contributed by atoms with Crippen molar-refractivity contribution in [3.63, 3.8) is 0 Å². The number of carbonyl (C=O) groups is 2. The largest absolute Gasteiger partial charge is 0.454 e. The molecule has 0 unspecified atom stereocenters. The molecule has 2 amide bonds. The lowest BCUT2D eigenvalue weighted by molar-refractivity contribution is -0.125. The molecule has 4 rings (SSSR count). The Balaban J connectivity index is 1.30. The van der Waals surface area contributed by atoms with E-state index in [0.717, 1.165) is 0 Å². The first-order valence-corrected chi connectivity index (χ1v) is 9.64. The van der Waals surface area contributed by atoms with Crippen molar-refractivity contribution in [3.8, 4) is 17.6 Å². The van der Waals surface area contributed by atoms with Crippen molar-refractivity contribution in [2.24, 2.45) is 11.8 Å². The van der Waals surface area contributed by atoms with Crippen LogP contribution in [0.15, 0.2) is 42.5 Å². The number of rotatable bonds is 4. The summed E-state index contributed by atoms with van der Waals surface area (Å²) in [6.45, 7) is 0.192. The number of amides is 2. The van der Waals surface area contributed by atoms with Gasteiger partial charge in [-0.3, -0.25) is 9.59 Å². The number of hydrogen-bond donors (Lipinski definition) is 2. The van der Waals surface area contributed by atoms with Crippen LogP contribution in [-0.4, -0.2) is 18.6 Å². The van der Waals surface area contributed by atoms with Crippen LogP contribution in [0.1, 0.15) is 31.2 Å². The number of benzene rings is 2. The lowest BCUT2D eigenvalue weighted by atomic mass is 9.81. The van der Waals surface area contributed by atoms with Crippen LogP contribution in [0.5, 0.6) is 11.5 Å². The van der Waals surface area contributed by atoms with E-state index in [2.05, 4.69) is 16.7 Å². The molecule has 2 aliphatic rings. The number of para-hydroxylation sites is 1. The molecule has 7 heteroatoms. The van der Waals surface area contributed by atoms with Crippen molar-refractivity contribution in [2.75, 3.05) is 17.4 Å². The lowest BCUT2D eigenvalue weighted by Gasteiger charge is -2.27. The smallest absolute Gasteiger partial charge is 0.231 e. The number of carbonyl (C=O) groups excluding carboxylic acids is 2. The molecule has 7 nitrogen and oxygen atoms in total. The standard InChI is InChI=1S/C22H21N3O4/c23-12-16-3-1-2-4-18(16)25-22(27)15-7-5-14(6-8-15)21(26)24-17-9-10-19-20(11-17)29-13-28-19/h1-4,9-11,14-15H,5-8,13H2,(H,24,26)(H,25,27). The minimum atomic E-state index is -0.156. The molecule has 1 heterocycles. The average molecular weight is 391 g/mol. The number of nitrogens with one attached hydrogen (secondary N) is 2. The normalized spacial score (nSPS) is 19.8. The fourth-order valence-corrected chi connectivity index (χ4v) is 3.76. The van der Waals surface area contributed by atoms with Crippen molar-refractivity contribution in [1.82, 2.24) is 0 Å². The van der Waals surface area contributed by atoms with Gasteiger partial charge in [0.1, 0.15) is 6.07 Å².